The Kier molecular flexibility index (Phi) is 10.0. The summed E-state index contributed by atoms with van der Waals surface area (Å²) >= 11 is 0. The molecule has 2 aromatic carbocycles. The molecule has 0 aromatic heterocycles. The number of nitrogens with zero attached hydrogens (tertiary/aromatic N) is 2. The number of carbonyl (C=O) groups excluding carboxylic acids is 2. The highest BCUT2D eigenvalue weighted by atomic mass is 32.2. The van der Waals surface area contributed by atoms with E-state index in [-0.39, 0.29) is 43.6 Å². The lowest BCUT2D eigenvalue weighted by Crippen LogP contribution is -2.52. The van der Waals surface area contributed by atoms with Gasteiger partial charge in [-0.3, -0.25) is 13.9 Å². The maximum absolute atomic E-state index is 13.4. The molecular formula is C27H38FN3O4S. The summed E-state index contributed by atoms with van der Waals surface area (Å²) in [4.78, 5) is 27.6. The number of hydrogen-bond acceptors (Lipinski definition) is 4. The molecule has 9 heteroatoms. The lowest BCUT2D eigenvalue weighted by atomic mass is 10.1. The van der Waals surface area contributed by atoms with Crippen LogP contribution >= 0.6 is 0 Å². The summed E-state index contributed by atoms with van der Waals surface area (Å²) < 4.78 is 39.6. The van der Waals surface area contributed by atoms with Gasteiger partial charge in [0.15, 0.2) is 0 Å². The second-order valence-corrected chi connectivity index (χ2v) is 11.9. The predicted molar refractivity (Wildman–Crippen MR) is 142 cm³/mol. The Balaban J connectivity index is 2.17. The van der Waals surface area contributed by atoms with Gasteiger partial charge in [-0.1, -0.05) is 31.2 Å². The largest absolute Gasteiger partial charge is 0.350 e. The molecule has 0 heterocycles. The zero-order valence-electron chi connectivity index (χ0n) is 22.0. The van der Waals surface area contributed by atoms with Crippen LogP contribution in [0.2, 0.25) is 0 Å². The molecule has 0 radical (unpaired) electrons. The zero-order chi connectivity index (χ0) is 27.1. The van der Waals surface area contributed by atoms with E-state index < -0.39 is 21.6 Å². The molecule has 7 nitrogen and oxygen atoms in total. The number of aryl methyl sites for hydroxylation is 1. The molecule has 0 spiro atoms. The Morgan fingerprint density at radius 1 is 1.00 bits per heavy atom. The van der Waals surface area contributed by atoms with Gasteiger partial charge in [0.1, 0.15) is 11.9 Å². The van der Waals surface area contributed by atoms with Gasteiger partial charge in [-0.15, -0.1) is 0 Å². The van der Waals surface area contributed by atoms with Crippen LogP contribution in [0, 0.1) is 5.82 Å². The van der Waals surface area contributed by atoms with E-state index in [0.717, 1.165) is 18.2 Å². The number of amides is 2. The van der Waals surface area contributed by atoms with Gasteiger partial charge in [0, 0.05) is 25.0 Å². The first kappa shape index (κ1) is 29.3. The van der Waals surface area contributed by atoms with Crippen LogP contribution in [-0.4, -0.2) is 49.5 Å². The number of sulfonamides is 1. The van der Waals surface area contributed by atoms with Crippen LogP contribution in [0.1, 0.15) is 58.6 Å². The molecule has 36 heavy (non-hydrogen) atoms. The van der Waals surface area contributed by atoms with Crippen molar-refractivity contribution >= 4 is 27.5 Å². The van der Waals surface area contributed by atoms with Crippen molar-refractivity contribution < 1.29 is 22.4 Å². The summed E-state index contributed by atoms with van der Waals surface area (Å²) in [5.41, 5.74) is 1.86. The van der Waals surface area contributed by atoms with Gasteiger partial charge in [0.05, 0.1) is 11.9 Å². The van der Waals surface area contributed by atoms with Crippen molar-refractivity contribution in [3.63, 3.8) is 0 Å². The molecule has 0 unspecified atom stereocenters. The number of rotatable bonds is 11. The number of anilines is 1. The Bertz CT molecular complexity index is 1130. The average molecular weight is 520 g/mol. The van der Waals surface area contributed by atoms with Crippen molar-refractivity contribution in [1.29, 1.82) is 0 Å². The van der Waals surface area contributed by atoms with Gasteiger partial charge in [-0.25, -0.2) is 12.8 Å². The summed E-state index contributed by atoms with van der Waals surface area (Å²) in [5.74, 6) is -0.972. The number of carbonyl (C=O) groups is 2. The first-order chi connectivity index (χ1) is 16.7. The minimum atomic E-state index is -3.55. The van der Waals surface area contributed by atoms with Crippen molar-refractivity contribution in [3.05, 3.63) is 65.5 Å². The summed E-state index contributed by atoms with van der Waals surface area (Å²) in [6.07, 6.45) is 2.31. The van der Waals surface area contributed by atoms with E-state index in [0.29, 0.717) is 11.3 Å². The summed E-state index contributed by atoms with van der Waals surface area (Å²) in [5, 5.41) is 2.89. The smallest absolute Gasteiger partial charge is 0.242 e. The first-order valence-corrected chi connectivity index (χ1v) is 14.0. The number of halogens is 1. The normalized spacial score (nSPS) is 12.6. The molecule has 0 fully saturated rings. The predicted octanol–water partition coefficient (Wildman–Crippen LogP) is 4.27. The second kappa shape index (κ2) is 12.3. The lowest BCUT2D eigenvalue weighted by Gasteiger charge is -2.32. The van der Waals surface area contributed by atoms with E-state index in [1.165, 1.54) is 21.3 Å². The maximum atomic E-state index is 13.4. The fraction of sp³-hybridized carbons (Fsp3) is 0.481. The molecule has 0 bridgehead atoms. The Labute approximate surface area is 214 Å². The van der Waals surface area contributed by atoms with Gasteiger partial charge in [0.25, 0.3) is 0 Å². The zero-order valence-corrected chi connectivity index (χ0v) is 22.9. The fourth-order valence-electron chi connectivity index (χ4n) is 3.74. The molecular weight excluding hydrogens is 481 g/mol. The summed E-state index contributed by atoms with van der Waals surface area (Å²) in [6, 6.07) is 12.3. The van der Waals surface area contributed by atoms with Crippen molar-refractivity contribution in [3.8, 4) is 0 Å². The van der Waals surface area contributed by atoms with Crippen molar-refractivity contribution in [2.45, 2.75) is 72.0 Å². The Morgan fingerprint density at radius 3 is 2.06 bits per heavy atom. The number of benzene rings is 2. The van der Waals surface area contributed by atoms with Crippen LogP contribution in [0.3, 0.4) is 0 Å². The molecule has 2 rings (SSSR count). The summed E-state index contributed by atoms with van der Waals surface area (Å²) in [7, 11) is -3.55. The number of nitrogens with one attached hydrogen (secondary N) is 1. The monoisotopic (exact) mass is 519 g/mol. The Morgan fingerprint density at radius 2 is 1.56 bits per heavy atom. The molecule has 0 aliphatic carbocycles. The average Bonchev–Trinajstić information content (AvgIpc) is 2.79. The molecule has 1 atom stereocenters. The summed E-state index contributed by atoms with van der Waals surface area (Å²) in [6.45, 7) is 9.51. The molecule has 2 amide bonds. The van der Waals surface area contributed by atoms with Crippen LogP contribution in [0.4, 0.5) is 10.1 Å². The Hall–Kier alpha value is -2.94. The van der Waals surface area contributed by atoms with Crippen molar-refractivity contribution in [2.24, 2.45) is 0 Å². The molecule has 0 aliphatic heterocycles. The highest BCUT2D eigenvalue weighted by molar-refractivity contribution is 7.92. The molecule has 198 valence electrons. The first-order valence-electron chi connectivity index (χ1n) is 12.1. The second-order valence-electron chi connectivity index (χ2n) is 10.0. The maximum Gasteiger partial charge on any atom is 0.242 e. The SMILES string of the molecule is CCc1ccc(N(CCCC(=O)N(Cc2ccc(F)cc2)[C@@H](C)C(=O)NC(C)(C)C)S(C)(=O)=O)cc1. The molecule has 1 N–H and O–H groups in total. The topological polar surface area (TPSA) is 86.8 Å². The van der Waals surface area contributed by atoms with Crippen molar-refractivity contribution in [2.75, 3.05) is 17.1 Å². The minimum Gasteiger partial charge on any atom is -0.350 e. The van der Waals surface area contributed by atoms with E-state index in [4.69, 9.17) is 0 Å². The quantitative estimate of drug-likeness (QED) is 0.481. The lowest BCUT2D eigenvalue weighted by molar-refractivity contribution is -0.141. The van der Waals surface area contributed by atoms with Crippen LogP contribution in [0.25, 0.3) is 0 Å². The highest BCUT2D eigenvalue weighted by Crippen LogP contribution is 2.20. The van der Waals surface area contributed by atoms with E-state index in [1.54, 1.807) is 31.2 Å². The van der Waals surface area contributed by atoms with Crippen LogP contribution < -0.4 is 9.62 Å². The molecule has 0 saturated carbocycles. The van der Waals surface area contributed by atoms with E-state index in [9.17, 15) is 22.4 Å². The van der Waals surface area contributed by atoms with Gasteiger partial charge >= 0.3 is 0 Å². The third-order valence-electron chi connectivity index (χ3n) is 5.72. The standard InChI is InChI=1S/C27H38FN3O4S/c1-7-21-12-16-24(17-13-21)31(36(6,34)35)18-8-9-25(32)30(19-22-10-14-23(28)15-11-22)20(2)26(33)29-27(3,4)5/h10-17,20H,7-9,18-19H2,1-6H3,(H,29,33)/t20-/m0/s1. The highest BCUT2D eigenvalue weighted by Gasteiger charge is 2.28. The molecule has 0 aliphatic rings. The minimum absolute atomic E-state index is 0.0490. The van der Waals surface area contributed by atoms with Gasteiger partial charge in [-0.2, -0.15) is 0 Å². The molecule has 0 saturated heterocycles. The van der Waals surface area contributed by atoms with Crippen LogP contribution in [0.5, 0.6) is 0 Å². The third kappa shape index (κ3) is 8.93. The van der Waals surface area contributed by atoms with Gasteiger partial charge in [0.2, 0.25) is 21.8 Å². The van der Waals surface area contributed by atoms with Gasteiger partial charge in [-0.05, 0) is 75.9 Å². The van der Waals surface area contributed by atoms with Crippen LogP contribution in [0.15, 0.2) is 48.5 Å². The van der Waals surface area contributed by atoms with E-state index in [2.05, 4.69) is 5.32 Å². The van der Waals surface area contributed by atoms with Crippen LogP contribution in [-0.2, 0) is 32.6 Å². The van der Waals surface area contributed by atoms with Crippen molar-refractivity contribution in [1.82, 2.24) is 10.2 Å². The van der Waals surface area contributed by atoms with E-state index in [1.807, 2.05) is 39.8 Å². The molecule has 2 aromatic rings. The van der Waals surface area contributed by atoms with Gasteiger partial charge < -0.3 is 10.2 Å². The third-order valence-corrected chi connectivity index (χ3v) is 6.91. The van der Waals surface area contributed by atoms with E-state index >= 15 is 0 Å². The fourth-order valence-corrected chi connectivity index (χ4v) is 4.71. The number of hydrogen-bond donors (Lipinski definition) is 1.